The van der Waals surface area contributed by atoms with Crippen LogP contribution in [0.1, 0.15) is 18.1 Å². The topological polar surface area (TPSA) is 60.8 Å². The highest BCUT2D eigenvalue weighted by molar-refractivity contribution is 9.10. The second kappa shape index (κ2) is 9.15. The first kappa shape index (κ1) is 21.1. The van der Waals surface area contributed by atoms with E-state index >= 15 is 0 Å². The molecule has 0 aliphatic carbocycles. The minimum Gasteiger partial charge on any atom is -0.504 e. The molecule has 0 unspecified atom stereocenters. The lowest BCUT2D eigenvalue weighted by atomic mass is 10.00. The Morgan fingerprint density at radius 3 is 2.26 bits per heavy atom. The number of nitrogens with zero attached hydrogens (tertiary/aromatic N) is 1. The summed E-state index contributed by atoms with van der Waals surface area (Å²) in [6, 6.07) is 7.65. The van der Waals surface area contributed by atoms with Crippen molar-refractivity contribution in [3.8, 4) is 23.0 Å². The Kier molecular flexibility index (Phi) is 7.16. The van der Waals surface area contributed by atoms with Gasteiger partial charge in [0.05, 0.1) is 20.8 Å². The highest BCUT2D eigenvalue weighted by Gasteiger charge is 2.14. The Morgan fingerprint density at radius 2 is 1.67 bits per heavy atom. The number of hydrogen-bond donors (Lipinski definition) is 1. The van der Waals surface area contributed by atoms with E-state index < -0.39 is 0 Å². The van der Waals surface area contributed by atoms with Crippen LogP contribution in [0.4, 0.5) is 0 Å². The van der Waals surface area contributed by atoms with Crippen LogP contribution in [0.15, 0.2) is 41.1 Å². The second-order valence-corrected chi connectivity index (χ2v) is 6.52. The molecule has 3 rings (SSSR count). The van der Waals surface area contributed by atoms with Crippen LogP contribution >= 0.6 is 28.3 Å². The molecule has 0 atom stereocenters. The van der Waals surface area contributed by atoms with Crippen LogP contribution < -0.4 is 14.2 Å². The number of hydrogen-bond acceptors (Lipinski definition) is 5. The molecular weight excluding hydrogens is 434 g/mol. The number of aromatic hydroxyl groups is 1. The van der Waals surface area contributed by atoms with Crippen molar-refractivity contribution < 1.29 is 19.3 Å². The molecule has 0 aliphatic rings. The number of phenolic OH excluding ortho intramolecular Hbond substituents is 1. The van der Waals surface area contributed by atoms with E-state index in [0.717, 1.165) is 21.0 Å². The van der Waals surface area contributed by atoms with E-state index in [9.17, 15) is 5.11 Å². The molecule has 2 aromatic carbocycles. The predicted molar refractivity (Wildman–Crippen MR) is 112 cm³/mol. The first-order valence-electron chi connectivity index (χ1n) is 8.20. The van der Waals surface area contributed by atoms with Gasteiger partial charge in [-0.3, -0.25) is 4.98 Å². The van der Waals surface area contributed by atoms with Gasteiger partial charge in [-0.05, 0) is 64.0 Å². The average Bonchev–Trinajstić information content (AvgIpc) is 2.65. The minimum absolute atomic E-state index is 0. The number of rotatable bonds is 6. The Hall–Kier alpha value is -2.18. The molecule has 0 radical (unpaired) electrons. The van der Waals surface area contributed by atoms with Gasteiger partial charge in [0, 0.05) is 17.8 Å². The third kappa shape index (κ3) is 4.22. The highest BCUT2D eigenvalue weighted by atomic mass is 79.9. The maximum Gasteiger partial charge on any atom is 0.167 e. The van der Waals surface area contributed by atoms with Gasteiger partial charge in [0.15, 0.2) is 11.5 Å². The van der Waals surface area contributed by atoms with Crippen molar-refractivity contribution in [2.75, 3.05) is 20.8 Å². The molecule has 5 nitrogen and oxygen atoms in total. The minimum atomic E-state index is 0. The van der Waals surface area contributed by atoms with E-state index in [0.29, 0.717) is 35.7 Å². The number of ether oxygens (including phenoxy) is 3. The molecule has 144 valence electrons. The van der Waals surface area contributed by atoms with Gasteiger partial charge in [-0.2, -0.15) is 0 Å². The molecule has 1 aromatic heterocycles. The van der Waals surface area contributed by atoms with Crippen molar-refractivity contribution in [1.29, 1.82) is 0 Å². The summed E-state index contributed by atoms with van der Waals surface area (Å²) >= 11 is 3.48. The van der Waals surface area contributed by atoms with E-state index in [1.165, 1.54) is 0 Å². The SMILES string of the molecule is CCOc1ccc2c(Cc3cc(OC)c(Br)c(OC)c3)cncc2c1O.Cl. The second-order valence-electron chi connectivity index (χ2n) is 5.73. The van der Waals surface area contributed by atoms with Crippen LogP contribution in [0.3, 0.4) is 0 Å². The number of aromatic nitrogens is 1. The number of fused-ring (bicyclic) bond motifs is 1. The van der Waals surface area contributed by atoms with Crippen LogP contribution in [0.5, 0.6) is 23.0 Å². The maximum absolute atomic E-state index is 10.5. The summed E-state index contributed by atoms with van der Waals surface area (Å²) in [7, 11) is 3.24. The van der Waals surface area contributed by atoms with Crippen molar-refractivity contribution >= 4 is 39.1 Å². The van der Waals surface area contributed by atoms with Gasteiger partial charge in [-0.15, -0.1) is 12.4 Å². The standard InChI is InChI=1S/C20H20BrNO4.ClH/c1-4-26-16-6-5-14-13(10-22-11-15(14)20(16)23)7-12-8-17(24-2)19(21)18(9-12)25-3;/h5-6,8-11,23H,4,7H2,1-3H3;1H. The molecule has 27 heavy (non-hydrogen) atoms. The van der Waals surface area contributed by atoms with Gasteiger partial charge in [-0.25, -0.2) is 0 Å². The van der Waals surface area contributed by atoms with Gasteiger partial charge in [0.25, 0.3) is 0 Å². The third-order valence-electron chi connectivity index (χ3n) is 4.16. The molecule has 0 saturated heterocycles. The number of halogens is 2. The molecule has 0 amide bonds. The van der Waals surface area contributed by atoms with Crippen LogP contribution in [-0.2, 0) is 6.42 Å². The van der Waals surface area contributed by atoms with E-state index in [4.69, 9.17) is 14.2 Å². The summed E-state index contributed by atoms with van der Waals surface area (Å²) in [5.74, 6) is 1.98. The van der Waals surface area contributed by atoms with Gasteiger partial charge in [0.1, 0.15) is 16.0 Å². The number of benzene rings is 2. The normalized spacial score (nSPS) is 10.4. The lowest BCUT2D eigenvalue weighted by Crippen LogP contribution is -1.97. The zero-order chi connectivity index (χ0) is 18.7. The first-order valence-corrected chi connectivity index (χ1v) is 9.00. The van der Waals surface area contributed by atoms with Gasteiger partial charge < -0.3 is 19.3 Å². The summed E-state index contributed by atoms with van der Waals surface area (Å²) in [6.45, 7) is 2.37. The lowest BCUT2D eigenvalue weighted by molar-refractivity contribution is 0.320. The van der Waals surface area contributed by atoms with E-state index in [2.05, 4.69) is 20.9 Å². The molecule has 3 aromatic rings. The summed E-state index contributed by atoms with van der Waals surface area (Å²) in [5.41, 5.74) is 2.01. The van der Waals surface area contributed by atoms with Gasteiger partial charge in [0.2, 0.25) is 0 Å². The van der Waals surface area contributed by atoms with Gasteiger partial charge in [-0.1, -0.05) is 6.07 Å². The Balaban J connectivity index is 0.00000261. The molecule has 0 fully saturated rings. The number of methoxy groups -OCH3 is 2. The smallest absolute Gasteiger partial charge is 0.167 e. The van der Waals surface area contributed by atoms with Crippen molar-refractivity contribution in [3.05, 3.63) is 52.3 Å². The number of phenols is 1. The van der Waals surface area contributed by atoms with Crippen LogP contribution in [0.25, 0.3) is 10.8 Å². The van der Waals surface area contributed by atoms with Gasteiger partial charge >= 0.3 is 0 Å². The van der Waals surface area contributed by atoms with Crippen LogP contribution in [0, 0.1) is 0 Å². The van der Waals surface area contributed by atoms with Crippen molar-refractivity contribution in [1.82, 2.24) is 4.98 Å². The summed E-state index contributed by atoms with van der Waals surface area (Å²) in [4.78, 5) is 4.29. The average molecular weight is 455 g/mol. The fourth-order valence-corrected chi connectivity index (χ4v) is 3.48. The Labute approximate surface area is 172 Å². The quantitative estimate of drug-likeness (QED) is 0.559. The van der Waals surface area contributed by atoms with E-state index in [1.54, 1.807) is 26.5 Å². The molecule has 1 N–H and O–H groups in total. The fourth-order valence-electron chi connectivity index (χ4n) is 2.93. The monoisotopic (exact) mass is 453 g/mol. The predicted octanol–water partition coefficient (Wildman–Crippen LogP) is 5.13. The lowest BCUT2D eigenvalue weighted by Gasteiger charge is -2.13. The number of pyridine rings is 1. The van der Waals surface area contributed by atoms with Crippen molar-refractivity contribution in [3.63, 3.8) is 0 Å². The molecule has 0 spiro atoms. The van der Waals surface area contributed by atoms with E-state index in [1.807, 2.05) is 31.3 Å². The molecule has 0 bridgehead atoms. The third-order valence-corrected chi connectivity index (χ3v) is 4.94. The summed E-state index contributed by atoms with van der Waals surface area (Å²) in [5, 5.41) is 12.1. The molecule has 0 saturated carbocycles. The van der Waals surface area contributed by atoms with Crippen molar-refractivity contribution in [2.45, 2.75) is 13.3 Å². The summed E-state index contributed by atoms with van der Waals surface area (Å²) < 4.78 is 17.1. The maximum atomic E-state index is 10.5. The largest absolute Gasteiger partial charge is 0.504 e. The first-order chi connectivity index (χ1) is 12.6. The summed E-state index contributed by atoms with van der Waals surface area (Å²) in [6.07, 6.45) is 4.08. The molecule has 7 heteroatoms. The van der Waals surface area contributed by atoms with Crippen molar-refractivity contribution in [2.24, 2.45) is 0 Å². The molecular formula is C20H21BrClNO4. The Bertz CT molecular complexity index is 924. The zero-order valence-corrected chi connectivity index (χ0v) is 17.7. The van der Waals surface area contributed by atoms with E-state index in [-0.39, 0.29) is 18.2 Å². The van der Waals surface area contributed by atoms with Crippen LogP contribution in [0.2, 0.25) is 0 Å². The molecule has 1 heterocycles. The highest BCUT2D eigenvalue weighted by Crippen LogP contribution is 2.38. The fraction of sp³-hybridized carbons (Fsp3) is 0.250. The molecule has 0 aliphatic heterocycles. The zero-order valence-electron chi connectivity index (χ0n) is 15.3. The van der Waals surface area contributed by atoms with Crippen LogP contribution in [-0.4, -0.2) is 30.9 Å². The Morgan fingerprint density at radius 1 is 1.00 bits per heavy atom.